The second-order valence-electron chi connectivity index (χ2n) is 6.04. The Morgan fingerprint density at radius 1 is 1.33 bits per heavy atom. The first-order valence-electron chi connectivity index (χ1n) is 7.60. The quantitative estimate of drug-likeness (QED) is 0.896. The van der Waals surface area contributed by atoms with Gasteiger partial charge in [-0.2, -0.15) is 11.8 Å². The van der Waals surface area contributed by atoms with Gasteiger partial charge in [0.15, 0.2) is 0 Å². The van der Waals surface area contributed by atoms with Crippen molar-refractivity contribution < 1.29 is 4.79 Å². The number of hydrogen-bond acceptors (Lipinski definition) is 4. The largest absolute Gasteiger partial charge is 0.384 e. The summed E-state index contributed by atoms with van der Waals surface area (Å²) in [5.74, 6) is 0.646. The first-order chi connectivity index (χ1) is 9.99. The van der Waals surface area contributed by atoms with E-state index in [4.69, 9.17) is 5.73 Å². The molecule has 0 radical (unpaired) electrons. The Bertz CT molecular complexity index is 496. The second-order valence-corrected chi connectivity index (χ2v) is 7.18. The maximum Gasteiger partial charge on any atom is 0.251 e. The van der Waals surface area contributed by atoms with Gasteiger partial charge >= 0.3 is 0 Å². The van der Waals surface area contributed by atoms with Gasteiger partial charge in [-0.05, 0) is 50.0 Å². The molecular formula is C16H25N3OS. The Hall–Kier alpha value is -1.23. The highest BCUT2D eigenvalue weighted by atomic mass is 32.2. The van der Waals surface area contributed by atoms with Gasteiger partial charge in [0, 0.05) is 22.5 Å². The van der Waals surface area contributed by atoms with Gasteiger partial charge in [-0.15, -0.1) is 0 Å². The summed E-state index contributed by atoms with van der Waals surface area (Å²) in [4.78, 5) is 16.7. The molecule has 5 heteroatoms. The van der Waals surface area contributed by atoms with Gasteiger partial charge in [0.1, 0.15) is 5.82 Å². The lowest BCUT2D eigenvalue weighted by Crippen LogP contribution is -2.38. The normalized spacial score (nSPS) is 22.3. The zero-order valence-corrected chi connectivity index (χ0v) is 13.9. The third-order valence-corrected chi connectivity index (χ3v) is 5.20. The Balaban J connectivity index is 2.00. The van der Waals surface area contributed by atoms with E-state index in [1.807, 2.05) is 31.7 Å². The number of thioether (sulfide) groups is 1. The lowest BCUT2D eigenvalue weighted by Gasteiger charge is -2.28. The van der Waals surface area contributed by atoms with E-state index in [1.165, 1.54) is 12.8 Å². The van der Waals surface area contributed by atoms with Crippen molar-refractivity contribution in [1.82, 2.24) is 10.3 Å². The number of anilines is 1. The number of nitrogens with one attached hydrogen (secondary N) is 1. The highest BCUT2D eigenvalue weighted by Gasteiger charge is 2.22. The molecule has 2 rings (SSSR count). The minimum Gasteiger partial charge on any atom is -0.384 e. The maximum atomic E-state index is 12.4. The number of carbonyl (C=O) groups excluding carboxylic acids is 1. The molecule has 1 aliphatic carbocycles. The number of rotatable bonds is 4. The Kier molecular flexibility index (Phi) is 5.51. The van der Waals surface area contributed by atoms with Crippen LogP contribution in [0.15, 0.2) is 12.1 Å². The van der Waals surface area contributed by atoms with Gasteiger partial charge in [0.2, 0.25) is 0 Å². The van der Waals surface area contributed by atoms with Crippen LogP contribution in [-0.4, -0.2) is 28.4 Å². The Morgan fingerprint density at radius 3 is 2.57 bits per heavy atom. The van der Waals surface area contributed by atoms with Gasteiger partial charge in [-0.3, -0.25) is 4.79 Å². The number of amides is 1. The summed E-state index contributed by atoms with van der Waals surface area (Å²) >= 11 is 1.93. The van der Waals surface area contributed by atoms with Crippen LogP contribution in [0.4, 0.5) is 5.82 Å². The van der Waals surface area contributed by atoms with Crippen LogP contribution in [-0.2, 0) is 0 Å². The number of pyridine rings is 1. The van der Waals surface area contributed by atoms with Crippen molar-refractivity contribution in [2.75, 3.05) is 12.0 Å². The molecular weight excluding hydrogens is 282 g/mol. The first-order valence-corrected chi connectivity index (χ1v) is 8.89. The van der Waals surface area contributed by atoms with E-state index >= 15 is 0 Å². The van der Waals surface area contributed by atoms with Crippen molar-refractivity contribution in [3.05, 3.63) is 23.4 Å². The van der Waals surface area contributed by atoms with Crippen molar-refractivity contribution in [3.63, 3.8) is 0 Å². The minimum atomic E-state index is -0.0291. The fourth-order valence-electron chi connectivity index (χ4n) is 2.71. The van der Waals surface area contributed by atoms with Crippen LogP contribution in [0.3, 0.4) is 0 Å². The second kappa shape index (κ2) is 7.16. The zero-order chi connectivity index (χ0) is 15.4. The number of nitrogens with two attached hydrogens (primary N) is 1. The monoisotopic (exact) mass is 307 g/mol. The van der Waals surface area contributed by atoms with Crippen molar-refractivity contribution in [2.45, 2.75) is 56.7 Å². The van der Waals surface area contributed by atoms with E-state index in [1.54, 1.807) is 6.07 Å². The van der Waals surface area contributed by atoms with Crippen molar-refractivity contribution in [3.8, 4) is 0 Å². The van der Waals surface area contributed by atoms with Gasteiger partial charge in [-0.1, -0.05) is 13.8 Å². The predicted octanol–water partition coefficient (Wildman–Crippen LogP) is 3.19. The van der Waals surface area contributed by atoms with Gasteiger partial charge in [0.25, 0.3) is 5.91 Å². The molecule has 0 saturated heterocycles. The molecule has 1 aromatic rings. The lowest BCUT2D eigenvalue weighted by atomic mass is 9.94. The standard InChI is InChI=1S/C16H25N3OS/c1-10(2)14-8-11(9-15(17)19-14)16(20)18-12-4-6-13(21-3)7-5-12/h8-10,12-13H,4-7H2,1-3H3,(H2,17,19)(H,18,20). The molecule has 0 atom stereocenters. The molecule has 0 aromatic carbocycles. The van der Waals surface area contributed by atoms with Gasteiger partial charge < -0.3 is 11.1 Å². The van der Waals surface area contributed by atoms with Crippen LogP contribution in [0.25, 0.3) is 0 Å². The Labute approximate surface area is 131 Å². The van der Waals surface area contributed by atoms with Crippen LogP contribution < -0.4 is 11.1 Å². The molecule has 3 N–H and O–H groups in total. The molecule has 1 fully saturated rings. The summed E-state index contributed by atoms with van der Waals surface area (Å²) in [6.07, 6.45) is 6.66. The minimum absolute atomic E-state index is 0.0291. The van der Waals surface area contributed by atoms with E-state index in [2.05, 4.69) is 16.6 Å². The van der Waals surface area contributed by atoms with Crippen molar-refractivity contribution >= 4 is 23.5 Å². The topological polar surface area (TPSA) is 68.0 Å². The number of hydrogen-bond donors (Lipinski definition) is 2. The molecule has 1 amide bonds. The van der Waals surface area contributed by atoms with E-state index in [9.17, 15) is 4.79 Å². The van der Waals surface area contributed by atoms with Gasteiger partial charge in [0.05, 0.1) is 0 Å². The molecule has 0 spiro atoms. The van der Waals surface area contributed by atoms with Crippen LogP contribution in [0, 0.1) is 0 Å². The van der Waals surface area contributed by atoms with Crippen LogP contribution in [0.5, 0.6) is 0 Å². The van der Waals surface area contributed by atoms with E-state index in [0.29, 0.717) is 11.4 Å². The van der Waals surface area contributed by atoms with Crippen LogP contribution >= 0.6 is 11.8 Å². The third kappa shape index (κ3) is 4.37. The summed E-state index contributed by atoms with van der Waals surface area (Å²) in [5, 5.41) is 3.89. The Morgan fingerprint density at radius 2 is 2.00 bits per heavy atom. The summed E-state index contributed by atoms with van der Waals surface area (Å²) in [6.45, 7) is 4.10. The molecule has 1 aromatic heterocycles. The maximum absolute atomic E-state index is 12.4. The zero-order valence-electron chi connectivity index (χ0n) is 13.1. The first kappa shape index (κ1) is 16.1. The van der Waals surface area contributed by atoms with Crippen LogP contribution in [0.2, 0.25) is 0 Å². The van der Waals surface area contributed by atoms with Crippen molar-refractivity contribution in [2.24, 2.45) is 0 Å². The fourth-order valence-corrected chi connectivity index (χ4v) is 3.46. The predicted molar refractivity (Wildman–Crippen MR) is 89.8 cm³/mol. The number of nitrogen functional groups attached to an aromatic ring is 1. The molecule has 0 bridgehead atoms. The average molecular weight is 307 g/mol. The third-order valence-electron chi connectivity index (χ3n) is 4.06. The van der Waals surface area contributed by atoms with E-state index < -0.39 is 0 Å². The summed E-state index contributed by atoms with van der Waals surface area (Å²) in [7, 11) is 0. The molecule has 0 aliphatic heterocycles. The van der Waals surface area contributed by atoms with Crippen LogP contribution in [0.1, 0.15) is 61.5 Å². The fraction of sp³-hybridized carbons (Fsp3) is 0.625. The summed E-state index contributed by atoms with van der Waals surface area (Å²) in [5.41, 5.74) is 7.30. The highest BCUT2D eigenvalue weighted by molar-refractivity contribution is 7.99. The van der Waals surface area contributed by atoms with Crippen molar-refractivity contribution in [1.29, 1.82) is 0 Å². The number of nitrogens with zero attached hydrogens (tertiary/aromatic N) is 1. The molecule has 116 valence electrons. The average Bonchev–Trinajstić information content (AvgIpc) is 2.47. The summed E-state index contributed by atoms with van der Waals surface area (Å²) in [6, 6.07) is 3.80. The van der Waals surface area contributed by atoms with E-state index in [0.717, 1.165) is 23.8 Å². The molecule has 0 unspecified atom stereocenters. The summed E-state index contributed by atoms with van der Waals surface area (Å²) < 4.78 is 0. The molecule has 21 heavy (non-hydrogen) atoms. The van der Waals surface area contributed by atoms with Gasteiger partial charge in [-0.25, -0.2) is 4.98 Å². The number of aromatic nitrogens is 1. The number of carbonyl (C=O) groups is 1. The smallest absolute Gasteiger partial charge is 0.251 e. The van der Waals surface area contributed by atoms with E-state index in [-0.39, 0.29) is 17.9 Å². The molecule has 4 nitrogen and oxygen atoms in total. The molecule has 1 saturated carbocycles. The molecule has 1 aliphatic rings. The SMILES string of the molecule is CSC1CCC(NC(=O)c2cc(N)nc(C(C)C)c2)CC1. The highest BCUT2D eigenvalue weighted by Crippen LogP contribution is 2.27. The molecule has 1 heterocycles. The lowest BCUT2D eigenvalue weighted by molar-refractivity contribution is 0.0928.